The van der Waals surface area contributed by atoms with Crippen LogP contribution in [0.1, 0.15) is 10.4 Å². The first kappa shape index (κ1) is 20.7. The van der Waals surface area contributed by atoms with Crippen molar-refractivity contribution < 1.29 is 14.3 Å². The second-order valence-electron chi connectivity index (χ2n) is 7.04. The zero-order valence-electron chi connectivity index (χ0n) is 16.5. The summed E-state index contributed by atoms with van der Waals surface area (Å²) in [5.74, 6) is 1.77. The van der Waals surface area contributed by atoms with Crippen molar-refractivity contribution in [3.05, 3.63) is 87.5 Å². The van der Waals surface area contributed by atoms with Crippen LogP contribution in [0, 0.1) is 3.57 Å². The van der Waals surface area contributed by atoms with Gasteiger partial charge < -0.3 is 14.5 Å². The number of nitrogens with one attached hydrogen (secondary N) is 1. The minimum Gasteiger partial charge on any atom is -0.484 e. The van der Waals surface area contributed by atoms with Crippen molar-refractivity contribution in [1.82, 2.24) is 15.0 Å². The molecular weight excluding hydrogens is 541 g/mol. The Morgan fingerprint density at radius 2 is 2.00 bits per heavy atom. The Morgan fingerprint density at radius 3 is 2.84 bits per heavy atom. The molecule has 0 aliphatic heterocycles. The first-order valence-corrected chi connectivity index (χ1v) is 11.1. The molecule has 6 nitrogen and oxygen atoms in total. The van der Waals surface area contributed by atoms with Crippen LogP contribution in [0.3, 0.4) is 0 Å². The van der Waals surface area contributed by atoms with Gasteiger partial charge in [-0.1, -0.05) is 11.6 Å². The molecule has 2 aromatic carbocycles. The normalized spacial score (nSPS) is 11.1. The predicted molar refractivity (Wildman–Crippen MR) is 132 cm³/mol. The van der Waals surface area contributed by atoms with Crippen molar-refractivity contribution >= 4 is 61.8 Å². The number of nitrogens with zero attached hydrogens (tertiary/aromatic N) is 2. The molecule has 5 aromatic rings. The van der Waals surface area contributed by atoms with Gasteiger partial charge in [0.15, 0.2) is 6.61 Å². The van der Waals surface area contributed by atoms with Gasteiger partial charge in [0.25, 0.3) is 0 Å². The molecule has 0 saturated heterocycles. The molecule has 8 heteroatoms. The van der Waals surface area contributed by atoms with Crippen LogP contribution >= 0.6 is 34.2 Å². The number of benzene rings is 2. The van der Waals surface area contributed by atoms with E-state index in [0.29, 0.717) is 27.8 Å². The number of carbonyl (C=O) groups excluding carboxylic acids is 1. The van der Waals surface area contributed by atoms with E-state index in [2.05, 4.69) is 37.5 Å². The summed E-state index contributed by atoms with van der Waals surface area (Å²) in [5, 5.41) is 2.30. The van der Waals surface area contributed by atoms with Crippen molar-refractivity contribution in [3.63, 3.8) is 0 Å². The van der Waals surface area contributed by atoms with Gasteiger partial charge in [-0.05, 0) is 59.0 Å². The second-order valence-corrected chi connectivity index (χ2v) is 8.64. The van der Waals surface area contributed by atoms with Crippen molar-refractivity contribution in [2.24, 2.45) is 0 Å². The molecule has 0 fully saturated rings. The van der Waals surface area contributed by atoms with E-state index in [1.54, 1.807) is 30.9 Å². The zero-order chi connectivity index (χ0) is 22.1. The van der Waals surface area contributed by atoms with Crippen molar-refractivity contribution in [2.45, 2.75) is 0 Å². The molecule has 0 radical (unpaired) electrons. The van der Waals surface area contributed by atoms with Gasteiger partial charge in [-0.2, -0.15) is 0 Å². The van der Waals surface area contributed by atoms with Crippen LogP contribution in [0.25, 0.3) is 21.8 Å². The summed E-state index contributed by atoms with van der Waals surface area (Å²) in [6.07, 6.45) is 6.61. The maximum Gasteiger partial charge on any atom is 0.202 e. The van der Waals surface area contributed by atoms with Crippen LogP contribution in [0.15, 0.2) is 73.3 Å². The third-order valence-corrected chi connectivity index (χ3v) is 5.93. The topological polar surface area (TPSA) is 77.1 Å². The van der Waals surface area contributed by atoms with Gasteiger partial charge in [0.2, 0.25) is 5.78 Å². The number of ketones is 1. The van der Waals surface area contributed by atoms with Crippen molar-refractivity contribution in [3.8, 4) is 17.2 Å². The maximum atomic E-state index is 12.9. The number of aromatic nitrogens is 3. The van der Waals surface area contributed by atoms with E-state index in [9.17, 15) is 4.79 Å². The summed E-state index contributed by atoms with van der Waals surface area (Å²) in [6, 6.07) is 14.8. The van der Waals surface area contributed by atoms with E-state index in [1.165, 1.54) is 0 Å². The van der Waals surface area contributed by atoms with Gasteiger partial charge in [-0.15, -0.1) is 0 Å². The largest absolute Gasteiger partial charge is 0.484 e. The van der Waals surface area contributed by atoms with E-state index in [4.69, 9.17) is 21.1 Å². The Bertz CT molecular complexity index is 1450. The van der Waals surface area contributed by atoms with E-state index < -0.39 is 0 Å². The molecule has 1 N–H and O–H groups in total. The maximum absolute atomic E-state index is 12.9. The van der Waals surface area contributed by atoms with Crippen LogP contribution in [0.5, 0.6) is 17.2 Å². The van der Waals surface area contributed by atoms with Crippen LogP contribution in [0.4, 0.5) is 0 Å². The van der Waals surface area contributed by atoms with Gasteiger partial charge in [0, 0.05) is 52.6 Å². The Balaban J connectivity index is 1.33. The molecule has 0 bridgehead atoms. The number of pyridine rings is 2. The van der Waals surface area contributed by atoms with Gasteiger partial charge >= 0.3 is 0 Å². The fraction of sp³-hybridized carbons (Fsp3) is 0.0417. The minimum atomic E-state index is -0.128. The minimum absolute atomic E-state index is 0.0873. The molecule has 32 heavy (non-hydrogen) atoms. The molecule has 3 aromatic heterocycles. The highest BCUT2D eigenvalue weighted by Gasteiger charge is 2.15. The number of halogens is 2. The molecular formula is C24H15ClIN3O3. The molecule has 0 aliphatic carbocycles. The molecule has 0 amide bonds. The Kier molecular flexibility index (Phi) is 5.67. The molecule has 5 rings (SSSR count). The SMILES string of the molecule is O=C(COc1cc2ncc(Cl)cc2cc1I)c1c[nH]c2cc(Oc3cccnc3)ccc12. The van der Waals surface area contributed by atoms with Gasteiger partial charge in [0.05, 0.1) is 20.3 Å². The van der Waals surface area contributed by atoms with Crippen LogP contribution in [-0.4, -0.2) is 27.3 Å². The first-order valence-electron chi connectivity index (χ1n) is 9.67. The Labute approximate surface area is 201 Å². The fourth-order valence-corrected chi connectivity index (χ4v) is 4.19. The van der Waals surface area contributed by atoms with Gasteiger partial charge in [-0.25, -0.2) is 0 Å². The van der Waals surface area contributed by atoms with Crippen molar-refractivity contribution in [1.29, 1.82) is 0 Å². The highest BCUT2D eigenvalue weighted by Crippen LogP contribution is 2.29. The molecule has 3 heterocycles. The van der Waals surface area contributed by atoms with Crippen molar-refractivity contribution in [2.75, 3.05) is 6.61 Å². The molecule has 0 unspecified atom stereocenters. The second kappa shape index (κ2) is 8.76. The molecule has 0 aliphatic rings. The van der Waals surface area contributed by atoms with Gasteiger partial charge in [0.1, 0.15) is 17.2 Å². The van der Waals surface area contributed by atoms with Crippen LogP contribution in [0.2, 0.25) is 5.02 Å². The van der Waals surface area contributed by atoms with E-state index >= 15 is 0 Å². The smallest absolute Gasteiger partial charge is 0.202 e. The third kappa shape index (κ3) is 4.26. The summed E-state index contributed by atoms with van der Waals surface area (Å²) < 4.78 is 12.5. The monoisotopic (exact) mass is 555 g/mol. The number of Topliss-reactive ketones (excluding diaryl/α,β-unsaturated/α-hetero) is 1. The summed E-state index contributed by atoms with van der Waals surface area (Å²) in [4.78, 5) is 24.4. The average Bonchev–Trinajstić information content (AvgIpc) is 3.21. The highest BCUT2D eigenvalue weighted by atomic mass is 127. The summed E-state index contributed by atoms with van der Waals surface area (Å²) in [5.41, 5.74) is 2.12. The Hall–Kier alpha value is -3.17. The molecule has 0 spiro atoms. The lowest BCUT2D eigenvalue weighted by molar-refractivity contribution is 0.0922. The number of H-pyrrole nitrogens is 1. The average molecular weight is 556 g/mol. The molecule has 0 saturated carbocycles. The lowest BCUT2D eigenvalue weighted by Gasteiger charge is -2.09. The zero-order valence-corrected chi connectivity index (χ0v) is 19.4. The highest BCUT2D eigenvalue weighted by molar-refractivity contribution is 14.1. The quantitative estimate of drug-likeness (QED) is 0.193. The number of aromatic amines is 1. The summed E-state index contributed by atoms with van der Waals surface area (Å²) in [6.45, 7) is -0.0873. The van der Waals surface area contributed by atoms with E-state index in [0.717, 1.165) is 25.4 Å². The number of ether oxygens (including phenoxy) is 2. The molecule has 0 atom stereocenters. The molecule has 158 valence electrons. The van der Waals surface area contributed by atoms with Gasteiger partial charge in [-0.3, -0.25) is 14.8 Å². The number of rotatable bonds is 6. The lowest BCUT2D eigenvalue weighted by Crippen LogP contribution is -2.11. The number of hydrogen-bond acceptors (Lipinski definition) is 5. The first-order chi connectivity index (χ1) is 15.6. The van der Waals surface area contributed by atoms with Crippen LogP contribution < -0.4 is 9.47 Å². The number of hydrogen-bond donors (Lipinski definition) is 1. The number of fused-ring (bicyclic) bond motifs is 2. The predicted octanol–water partition coefficient (Wildman–Crippen LogP) is 6.42. The Morgan fingerprint density at radius 1 is 1.09 bits per heavy atom. The summed E-state index contributed by atoms with van der Waals surface area (Å²) in [7, 11) is 0. The van der Waals surface area contributed by atoms with E-state index in [-0.39, 0.29) is 12.4 Å². The summed E-state index contributed by atoms with van der Waals surface area (Å²) >= 11 is 8.19. The standard InChI is InChI=1S/C24H15ClIN3O3/c25-15-6-14-7-20(26)24(9-21(14)28-10-15)31-13-23(30)19-12-29-22-8-16(3-4-18(19)22)32-17-2-1-5-27-11-17/h1-12,29H,13H2. The number of carbonyl (C=O) groups is 1. The lowest BCUT2D eigenvalue weighted by atomic mass is 10.1. The fourth-order valence-electron chi connectivity index (χ4n) is 3.38. The van der Waals surface area contributed by atoms with E-state index in [1.807, 2.05) is 42.5 Å². The van der Waals surface area contributed by atoms with Crippen LogP contribution in [-0.2, 0) is 0 Å². The third-order valence-electron chi connectivity index (χ3n) is 4.88.